The molecule has 0 aromatic heterocycles. The summed E-state index contributed by atoms with van der Waals surface area (Å²) in [4.78, 5) is 37.2. The first-order valence-corrected chi connectivity index (χ1v) is 8.02. The van der Waals surface area contributed by atoms with E-state index in [2.05, 4.69) is 5.32 Å². The first-order chi connectivity index (χ1) is 11.1. The molecule has 0 aliphatic carbocycles. The zero-order valence-electron chi connectivity index (χ0n) is 13.4. The predicted octanol–water partition coefficient (Wildman–Crippen LogP) is 0.877. The van der Waals surface area contributed by atoms with Crippen LogP contribution in [0.3, 0.4) is 0 Å². The Morgan fingerprint density at radius 1 is 1.25 bits per heavy atom. The van der Waals surface area contributed by atoms with Crippen LogP contribution in [0.4, 0.5) is 0 Å². The minimum absolute atomic E-state index is 0. The van der Waals surface area contributed by atoms with Gasteiger partial charge in [-0.1, -0.05) is 12.1 Å². The van der Waals surface area contributed by atoms with Crippen molar-refractivity contribution in [3.05, 3.63) is 35.4 Å². The minimum Gasteiger partial charge on any atom is -0.334 e. The molecule has 0 spiro atoms. The van der Waals surface area contributed by atoms with Gasteiger partial charge in [-0.05, 0) is 37.0 Å². The molecule has 3 amide bonds. The average Bonchev–Trinajstić information content (AvgIpc) is 3.14. The molecule has 2 unspecified atom stereocenters. The Morgan fingerprint density at radius 3 is 2.54 bits per heavy atom. The maximum Gasteiger partial charge on any atom is 0.254 e. The van der Waals surface area contributed by atoms with Gasteiger partial charge in [0.15, 0.2) is 0 Å². The van der Waals surface area contributed by atoms with Gasteiger partial charge in [-0.3, -0.25) is 19.7 Å². The van der Waals surface area contributed by atoms with Crippen LogP contribution in [0.25, 0.3) is 0 Å². The zero-order chi connectivity index (χ0) is 16.4. The second kappa shape index (κ2) is 7.77. The van der Waals surface area contributed by atoms with Crippen LogP contribution in [0.15, 0.2) is 24.3 Å². The number of imide groups is 1. The van der Waals surface area contributed by atoms with Crippen molar-refractivity contribution in [2.24, 2.45) is 11.7 Å². The van der Waals surface area contributed by atoms with Crippen molar-refractivity contribution in [3.8, 4) is 0 Å². The van der Waals surface area contributed by atoms with Gasteiger partial charge < -0.3 is 10.6 Å². The fourth-order valence-corrected chi connectivity index (χ4v) is 3.35. The highest BCUT2D eigenvalue weighted by atomic mass is 35.5. The van der Waals surface area contributed by atoms with Crippen LogP contribution in [0.2, 0.25) is 0 Å². The Labute approximate surface area is 147 Å². The van der Waals surface area contributed by atoms with Crippen molar-refractivity contribution in [2.75, 3.05) is 13.1 Å². The molecule has 0 saturated carbocycles. The molecule has 0 bridgehead atoms. The summed E-state index contributed by atoms with van der Waals surface area (Å²) in [7, 11) is 0. The summed E-state index contributed by atoms with van der Waals surface area (Å²) in [5.74, 6) is -0.714. The molecule has 2 saturated heterocycles. The molecule has 3 N–H and O–H groups in total. The second-order valence-electron chi connectivity index (χ2n) is 6.24. The molecule has 3 rings (SSSR count). The maximum absolute atomic E-state index is 12.5. The Morgan fingerprint density at radius 2 is 1.96 bits per heavy atom. The van der Waals surface area contributed by atoms with Gasteiger partial charge in [-0.15, -0.1) is 12.4 Å². The molecule has 2 fully saturated rings. The fraction of sp³-hybridized carbons (Fsp3) is 0.471. The van der Waals surface area contributed by atoms with Crippen LogP contribution in [-0.2, 0) is 16.0 Å². The van der Waals surface area contributed by atoms with E-state index in [-0.39, 0.29) is 48.5 Å². The lowest BCUT2D eigenvalue weighted by Crippen LogP contribution is -2.39. The molecule has 1 aromatic carbocycles. The van der Waals surface area contributed by atoms with Crippen LogP contribution in [-0.4, -0.2) is 41.8 Å². The number of likely N-dealkylation sites (tertiary alicyclic amines) is 1. The van der Waals surface area contributed by atoms with Crippen molar-refractivity contribution in [1.82, 2.24) is 10.2 Å². The van der Waals surface area contributed by atoms with Crippen LogP contribution in [0.1, 0.15) is 35.2 Å². The number of hydrogen-bond acceptors (Lipinski definition) is 4. The number of hydrogen-bond donors (Lipinski definition) is 2. The zero-order valence-corrected chi connectivity index (χ0v) is 14.2. The van der Waals surface area contributed by atoms with E-state index in [0.717, 1.165) is 24.9 Å². The summed E-state index contributed by atoms with van der Waals surface area (Å²) < 4.78 is 0. The fourth-order valence-electron chi connectivity index (χ4n) is 3.35. The van der Waals surface area contributed by atoms with Crippen LogP contribution < -0.4 is 11.1 Å². The minimum atomic E-state index is -0.302. The van der Waals surface area contributed by atoms with E-state index in [1.807, 2.05) is 17.0 Å². The third-order valence-electron chi connectivity index (χ3n) is 4.66. The van der Waals surface area contributed by atoms with E-state index in [1.165, 1.54) is 0 Å². The largest absolute Gasteiger partial charge is 0.334 e. The van der Waals surface area contributed by atoms with E-state index in [1.54, 1.807) is 12.1 Å². The topological polar surface area (TPSA) is 92.5 Å². The molecule has 24 heavy (non-hydrogen) atoms. The molecule has 2 aliphatic rings. The van der Waals surface area contributed by atoms with Gasteiger partial charge in [0, 0.05) is 31.1 Å². The van der Waals surface area contributed by atoms with Crippen molar-refractivity contribution in [2.45, 2.75) is 31.7 Å². The highest BCUT2D eigenvalue weighted by Gasteiger charge is 2.31. The van der Waals surface area contributed by atoms with Gasteiger partial charge in [0.25, 0.3) is 5.91 Å². The molecule has 130 valence electrons. The van der Waals surface area contributed by atoms with E-state index in [4.69, 9.17) is 5.73 Å². The number of benzene rings is 1. The lowest BCUT2D eigenvalue weighted by atomic mass is 9.97. The molecule has 6 nitrogen and oxygen atoms in total. The van der Waals surface area contributed by atoms with Crippen molar-refractivity contribution < 1.29 is 14.4 Å². The summed E-state index contributed by atoms with van der Waals surface area (Å²) in [5, 5.41) is 2.31. The molecular weight excluding hydrogens is 330 g/mol. The van der Waals surface area contributed by atoms with Gasteiger partial charge in [-0.2, -0.15) is 0 Å². The van der Waals surface area contributed by atoms with E-state index in [9.17, 15) is 14.4 Å². The summed E-state index contributed by atoms with van der Waals surface area (Å²) in [5.41, 5.74) is 7.31. The van der Waals surface area contributed by atoms with Crippen LogP contribution >= 0.6 is 12.4 Å². The molecule has 2 atom stereocenters. The second-order valence-corrected chi connectivity index (χ2v) is 6.24. The standard InChI is InChI=1S/C17H21N3O3.ClH/c18-10-14-2-1-7-20(14)17(23)12-5-3-11(4-6-12)8-13-9-15(21)19-16(13)22;/h3-6,13-14H,1-2,7-10,18H2,(H,19,21,22);1H. The number of nitrogens with zero attached hydrogens (tertiary/aromatic N) is 1. The predicted molar refractivity (Wildman–Crippen MR) is 91.8 cm³/mol. The Hall–Kier alpha value is -1.92. The maximum atomic E-state index is 12.5. The lowest BCUT2D eigenvalue weighted by molar-refractivity contribution is -0.125. The first kappa shape index (κ1) is 18.4. The van der Waals surface area contributed by atoms with Crippen LogP contribution in [0.5, 0.6) is 0 Å². The lowest BCUT2D eigenvalue weighted by Gasteiger charge is -2.23. The summed E-state index contributed by atoms with van der Waals surface area (Å²) in [6.07, 6.45) is 2.72. The normalized spacial score (nSPS) is 23.1. The SMILES string of the molecule is Cl.NCC1CCCN1C(=O)c1ccc(CC2CC(=O)NC2=O)cc1. The number of nitrogens with one attached hydrogen (secondary N) is 1. The smallest absolute Gasteiger partial charge is 0.254 e. The highest BCUT2D eigenvalue weighted by molar-refractivity contribution is 6.03. The Balaban J connectivity index is 0.00000208. The first-order valence-electron chi connectivity index (χ1n) is 8.02. The van der Waals surface area contributed by atoms with Crippen molar-refractivity contribution >= 4 is 30.1 Å². The molecule has 2 heterocycles. The third-order valence-corrected chi connectivity index (χ3v) is 4.66. The molecular formula is C17H22ClN3O3. The number of carbonyl (C=O) groups is 3. The van der Waals surface area contributed by atoms with Gasteiger partial charge in [0.05, 0.1) is 5.92 Å². The third kappa shape index (κ3) is 3.76. The summed E-state index contributed by atoms with van der Waals surface area (Å²) in [6, 6.07) is 7.43. The van der Waals surface area contributed by atoms with E-state index < -0.39 is 0 Å². The van der Waals surface area contributed by atoms with E-state index >= 15 is 0 Å². The van der Waals surface area contributed by atoms with Crippen molar-refractivity contribution in [1.29, 1.82) is 0 Å². The molecule has 7 heteroatoms. The van der Waals surface area contributed by atoms with Gasteiger partial charge in [-0.25, -0.2) is 0 Å². The van der Waals surface area contributed by atoms with Crippen LogP contribution in [0, 0.1) is 5.92 Å². The number of nitrogens with two attached hydrogens (primary N) is 1. The molecule has 1 aromatic rings. The highest BCUT2D eigenvalue weighted by Crippen LogP contribution is 2.21. The number of rotatable bonds is 4. The van der Waals surface area contributed by atoms with Gasteiger partial charge in [0.1, 0.15) is 0 Å². The number of carbonyl (C=O) groups excluding carboxylic acids is 3. The van der Waals surface area contributed by atoms with Gasteiger partial charge in [0.2, 0.25) is 11.8 Å². The Kier molecular flexibility index (Phi) is 5.96. The summed E-state index contributed by atoms with van der Waals surface area (Å²) >= 11 is 0. The van der Waals surface area contributed by atoms with E-state index in [0.29, 0.717) is 18.5 Å². The Bertz CT molecular complexity index is 632. The molecule has 0 radical (unpaired) electrons. The van der Waals surface area contributed by atoms with Crippen molar-refractivity contribution in [3.63, 3.8) is 0 Å². The monoisotopic (exact) mass is 351 g/mol. The average molecular weight is 352 g/mol. The number of halogens is 1. The summed E-state index contributed by atoms with van der Waals surface area (Å²) in [6.45, 7) is 1.25. The number of amides is 3. The quantitative estimate of drug-likeness (QED) is 0.787. The molecule has 2 aliphatic heterocycles. The van der Waals surface area contributed by atoms with Gasteiger partial charge >= 0.3 is 0 Å².